The number of nitrogens with zero attached hydrogens (tertiary/aromatic N) is 1. The Morgan fingerprint density at radius 3 is 2.40 bits per heavy atom. The molecule has 15 heavy (non-hydrogen) atoms. The van der Waals surface area contributed by atoms with E-state index in [0.29, 0.717) is 0 Å². The summed E-state index contributed by atoms with van der Waals surface area (Å²) in [4.78, 5) is 0. The molecule has 2 heteroatoms. The lowest BCUT2D eigenvalue weighted by atomic mass is 9.86. The van der Waals surface area contributed by atoms with Gasteiger partial charge in [0.1, 0.15) is 0 Å². The van der Waals surface area contributed by atoms with Crippen molar-refractivity contribution in [3.63, 3.8) is 0 Å². The van der Waals surface area contributed by atoms with Crippen LogP contribution < -0.4 is 5.43 Å². The molecule has 2 nitrogen and oxygen atoms in total. The first-order valence-corrected chi connectivity index (χ1v) is 6.27. The minimum Gasteiger partial charge on any atom is -0.305 e. The van der Waals surface area contributed by atoms with Gasteiger partial charge in [0, 0.05) is 17.2 Å². The highest BCUT2D eigenvalue weighted by atomic mass is 15.3. The van der Waals surface area contributed by atoms with Crippen molar-refractivity contribution in [1.82, 2.24) is 5.43 Å². The van der Waals surface area contributed by atoms with Crippen LogP contribution in [0.15, 0.2) is 5.10 Å². The molecule has 0 aromatic rings. The summed E-state index contributed by atoms with van der Waals surface area (Å²) in [5, 5.41) is 4.56. The zero-order valence-electron chi connectivity index (χ0n) is 10.5. The Hall–Kier alpha value is -0.530. The topological polar surface area (TPSA) is 24.4 Å². The van der Waals surface area contributed by atoms with Crippen molar-refractivity contribution in [2.45, 2.75) is 58.9 Å². The third kappa shape index (κ3) is 2.53. The van der Waals surface area contributed by atoms with Crippen LogP contribution in [0.2, 0.25) is 0 Å². The molecule has 3 unspecified atom stereocenters. The molecule has 2 aliphatic rings. The van der Waals surface area contributed by atoms with Crippen molar-refractivity contribution in [1.29, 1.82) is 0 Å². The van der Waals surface area contributed by atoms with Crippen LogP contribution >= 0.6 is 0 Å². The lowest BCUT2D eigenvalue weighted by molar-refractivity contribution is 0.401. The van der Waals surface area contributed by atoms with E-state index in [0.717, 1.165) is 17.8 Å². The SMILES string of the molecule is CC(=NNC(C)(C)C)C1CC2CCC1C2. The summed E-state index contributed by atoms with van der Waals surface area (Å²) in [6.45, 7) is 8.67. The largest absolute Gasteiger partial charge is 0.305 e. The number of fused-ring (bicyclic) bond motifs is 2. The van der Waals surface area contributed by atoms with Crippen molar-refractivity contribution in [2.75, 3.05) is 0 Å². The molecule has 0 amide bonds. The van der Waals surface area contributed by atoms with Gasteiger partial charge in [0.25, 0.3) is 0 Å². The van der Waals surface area contributed by atoms with Gasteiger partial charge in [0.15, 0.2) is 0 Å². The smallest absolute Gasteiger partial charge is 0.0464 e. The number of rotatable bonds is 2. The van der Waals surface area contributed by atoms with Gasteiger partial charge in [-0.2, -0.15) is 5.10 Å². The predicted molar refractivity (Wildman–Crippen MR) is 64.9 cm³/mol. The average molecular weight is 208 g/mol. The quantitative estimate of drug-likeness (QED) is 0.547. The van der Waals surface area contributed by atoms with Gasteiger partial charge in [-0.15, -0.1) is 0 Å². The highest BCUT2D eigenvalue weighted by molar-refractivity contribution is 5.84. The van der Waals surface area contributed by atoms with E-state index in [1.807, 2.05) is 0 Å². The molecule has 2 bridgehead atoms. The summed E-state index contributed by atoms with van der Waals surface area (Å²) in [5.74, 6) is 2.74. The fourth-order valence-corrected chi connectivity index (χ4v) is 3.10. The standard InChI is InChI=1S/C13H24N2/c1-9(14-15-13(2,3)4)12-8-10-5-6-11(12)7-10/h10-12,15H,5-8H2,1-4H3. The maximum atomic E-state index is 4.56. The minimum atomic E-state index is 0.0961. The first-order valence-electron chi connectivity index (χ1n) is 6.27. The van der Waals surface area contributed by atoms with Gasteiger partial charge >= 0.3 is 0 Å². The third-order valence-electron chi connectivity index (χ3n) is 3.84. The van der Waals surface area contributed by atoms with Gasteiger partial charge in [-0.3, -0.25) is 0 Å². The highest BCUT2D eigenvalue weighted by Gasteiger charge is 2.40. The molecule has 0 aromatic carbocycles. The molecule has 0 heterocycles. The van der Waals surface area contributed by atoms with E-state index in [1.54, 1.807) is 0 Å². The fraction of sp³-hybridized carbons (Fsp3) is 0.923. The molecule has 3 atom stereocenters. The molecule has 2 saturated carbocycles. The zero-order valence-corrected chi connectivity index (χ0v) is 10.5. The van der Waals surface area contributed by atoms with Gasteiger partial charge in [0.2, 0.25) is 0 Å². The van der Waals surface area contributed by atoms with Crippen LogP contribution in [0.25, 0.3) is 0 Å². The highest BCUT2D eigenvalue weighted by Crippen LogP contribution is 2.48. The first-order chi connectivity index (χ1) is 6.96. The molecular weight excluding hydrogens is 184 g/mol. The van der Waals surface area contributed by atoms with Crippen LogP contribution in [0.5, 0.6) is 0 Å². The molecule has 1 N–H and O–H groups in total. The second kappa shape index (κ2) is 3.80. The molecule has 86 valence electrons. The van der Waals surface area contributed by atoms with E-state index in [2.05, 4.69) is 38.2 Å². The molecular formula is C13H24N2. The zero-order chi connectivity index (χ0) is 11.1. The van der Waals surface area contributed by atoms with E-state index in [4.69, 9.17) is 0 Å². The molecule has 0 aliphatic heterocycles. The summed E-state index contributed by atoms with van der Waals surface area (Å²) in [7, 11) is 0. The molecule has 2 aliphatic carbocycles. The van der Waals surface area contributed by atoms with Crippen molar-refractivity contribution < 1.29 is 0 Å². The van der Waals surface area contributed by atoms with Crippen molar-refractivity contribution in [3.05, 3.63) is 0 Å². The maximum Gasteiger partial charge on any atom is 0.0464 e. The van der Waals surface area contributed by atoms with E-state index >= 15 is 0 Å². The Balaban J connectivity index is 1.94. The monoisotopic (exact) mass is 208 g/mol. The third-order valence-corrected chi connectivity index (χ3v) is 3.84. The molecule has 0 saturated heterocycles. The predicted octanol–water partition coefficient (Wildman–Crippen LogP) is 3.19. The summed E-state index contributed by atoms with van der Waals surface area (Å²) >= 11 is 0. The van der Waals surface area contributed by atoms with Crippen LogP contribution in [-0.4, -0.2) is 11.3 Å². The maximum absolute atomic E-state index is 4.56. The van der Waals surface area contributed by atoms with Crippen molar-refractivity contribution >= 4 is 5.71 Å². The van der Waals surface area contributed by atoms with Gasteiger partial charge < -0.3 is 5.43 Å². The second-order valence-electron chi connectivity index (χ2n) is 6.40. The summed E-state index contributed by atoms with van der Waals surface area (Å²) in [6, 6.07) is 0. The Kier molecular flexibility index (Phi) is 2.78. The number of hydrogen-bond donors (Lipinski definition) is 1. The second-order valence-corrected chi connectivity index (χ2v) is 6.40. The van der Waals surface area contributed by atoms with Gasteiger partial charge in [-0.05, 0) is 58.8 Å². The molecule has 0 spiro atoms. The van der Waals surface area contributed by atoms with E-state index in [1.165, 1.54) is 31.4 Å². The number of hydrogen-bond acceptors (Lipinski definition) is 2. The Bertz CT molecular complexity index is 262. The summed E-state index contributed by atoms with van der Waals surface area (Å²) in [6.07, 6.45) is 5.78. The van der Waals surface area contributed by atoms with Crippen LogP contribution in [0, 0.1) is 17.8 Å². The van der Waals surface area contributed by atoms with Crippen molar-refractivity contribution in [3.8, 4) is 0 Å². The normalized spacial score (nSPS) is 36.0. The van der Waals surface area contributed by atoms with E-state index < -0.39 is 0 Å². The van der Waals surface area contributed by atoms with Gasteiger partial charge in [0.05, 0.1) is 0 Å². The van der Waals surface area contributed by atoms with Crippen LogP contribution in [0.1, 0.15) is 53.4 Å². The lowest BCUT2D eigenvalue weighted by Crippen LogP contribution is -2.33. The molecule has 0 radical (unpaired) electrons. The Morgan fingerprint density at radius 1 is 1.20 bits per heavy atom. The van der Waals surface area contributed by atoms with Crippen LogP contribution in [0.4, 0.5) is 0 Å². The Morgan fingerprint density at radius 2 is 1.93 bits per heavy atom. The van der Waals surface area contributed by atoms with Crippen molar-refractivity contribution in [2.24, 2.45) is 22.9 Å². The van der Waals surface area contributed by atoms with Crippen LogP contribution in [-0.2, 0) is 0 Å². The van der Waals surface area contributed by atoms with E-state index in [9.17, 15) is 0 Å². The minimum absolute atomic E-state index is 0.0961. The Labute approximate surface area is 93.5 Å². The van der Waals surface area contributed by atoms with Gasteiger partial charge in [-0.25, -0.2) is 0 Å². The van der Waals surface area contributed by atoms with E-state index in [-0.39, 0.29) is 5.54 Å². The first kappa shape index (κ1) is 11.0. The number of hydrazone groups is 1. The summed E-state index contributed by atoms with van der Waals surface area (Å²) < 4.78 is 0. The molecule has 0 aromatic heterocycles. The van der Waals surface area contributed by atoms with Crippen LogP contribution in [0.3, 0.4) is 0 Å². The fourth-order valence-electron chi connectivity index (χ4n) is 3.10. The summed E-state index contributed by atoms with van der Waals surface area (Å²) in [5.41, 5.74) is 4.67. The van der Waals surface area contributed by atoms with Gasteiger partial charge in [-0.1, -0.05) is 6.42 Å². The molecule has 2 rings (SSSR count). The lowest BCUT2D eigenvalue weighted by Gasteiger charge is -2.24. The average Bonchev–Trinajstić information content (AvgIpc) is 2.73. The molecule has 2 fully saturated rings. The number of nitrogens with one attached hydrogen (secondary N) is 1.